The van der Waals surface area contributed by atoms with Gasteiger partial charge < -0.3 is 20.9 Å². The average molecular weight is 356 g/mol. The summed E-state index contributed by atoms with van der Waals surface area (Å²) in [5, 5.41) is 0. The maximum atomic E-state index is 5.77. The second kappa shape index (κ2) is 6.98. The Bertz CT molecular complexity index is 795. The van der Waals surface area contributed by atoms with Crippen LogP contribution >= 0.6 is 25.3 Å². The van der Waals surface area contributed by atoms with Gasteiger partial charge in [-0.05, 0) is 60.7 Å². The van der Waals surface area contributed by atoms with Crippen LogP contribution in [0.15, 0.2) is 70.5 Å². The molecule has 0 aliphatic heterocycles. The van der Waals surface area contributed by atoms with Crippen molar-refractivity contribution < 1.29 is 9.47 Å². The first-order valence-electron chi connectivity index (χ1n) is 7.14. The number of nitrogen functional groups attached to an aromatic ring is 2. The van der Waals surface area contributed by atoms with E-state index >= 15 is 0 Å². The molecule has 0 aromatic heterocycles. The monoisotopic (exact) mass is 356 g/mol. The van der Waals surface area contributed by atoms with Gasteiger partial charge in [0.1, 0.15) is 23.0 Å². The number of benzene rings is 3. The van der Waals surface area contributed by atoms with Crippen LogP contribution in [-0.2, 0) is 0 Å². The molecule has 6 heteroatoms. The fraction of sp³-hybridized carbons (Fsp3) is 0. The van der Waals surface area contributed by atoms with E-state index in [0.717, 1.165) is 0 Å². The molecule has 0 saturated heterocycles. The van der Waals surface area contributed by atoms with Gasteiger partial charge in [-0.1, -0.05) is 0 Å². The molecule has 0 amide bonds. The molecule has 4 N–H and O–H groups in total. The van der Waals surface area contributed by atoms with Crippen LogP contribution in [0, 0.1) is 0 Å². The van der Waals surface area contributed by atoms with E-state index < -0.39 is 0 Å². The van der Waals surface area contributed by atoms with Gasteiger partial charge in [0.2, 0.25) is 0 Å². The number of rotatable bonds is 4. The molecule has 0 unspecified atom stereocenters. The first-order valence-corrected chi connectivity index (χ1v) is 8.03. The highest BCUT2D eigenvalue weighted by Crippen LogP contribution is 2.30. The Morgan fingerprint density at radius 2 is 0.875 bits per heavy atom. The molecule has 0 aliphatic carbocycles. The lowest BCUT2D eigenvalue weighted by Crippen LogP contribution is -1.90. The summed E-state index contributed by atoms with van der Waals surface area (Å²) in [6.07, 6.45) is 0. The third-order valence-electron chi connectivity index (χ3n) is 3.30. The standard InChI is InChI=1S/C18H16N2O2S2/c19-15-7-5-13(9-17(15)23)21-11-1-2-12(4-3-11)22-14-6-8-16(20)18(24)10-14/h1-10,23-24H,19-20H2. The zero-order valence-corrected chi connectivity index (χ0v) is 14.4. The molecule has 3 rings (SSSR count). The van der Waals surface area contributed by atoms with Crippen molar-refractivity contribution >= 4 is 36.6 Å². The van der Waals surface area contributed by atoms with E-state index in [9.17, 15) is 0 Å². The fourth-order valence-corrected chi connectivity index (χ4v) is 2.43. The minimum absolute atomic E-state index is 0.612. The Kier molecular flexibility index (Phi) is 4.78. The molecule has 0 heterocycles. The molecule has 3 aromatic carbocycles. The lowest BCUT2D eigenvalue weighted by Gasteiger charge is -2.10. The van der Waals surface area contributed by atoms with Crippen molar-refractivity contribution in [1.29, 1.82) is 0 Å². The molecule has 0 saturated carbocycles. The third kappa shape index (κ3) is 3.90. The van der Waals surface area contributed by atoms with E-state index in [1.807, 2.05) is 24.3 Å². The first-order chi connectivity index (χ1) is 11.5. The summed E-state index contributed by atoms with van der Waals surface area (Å²) in [4.78, 5) is 1.36. The number of hydrogen-bond donors (Lipinski definition) is 4. The largest absolute Gasteiger partial charge is 0.457 e. The number of nitrogens with two attached hydrogens (primary N) is 2. The highest BCUT2D eigenvalue weighted by Gasteiger charge is 2.03. The summed E-state index contributed by atoms with van der Waals surface area (Å²) in [7, 11) is 0. The molecule has 4 nitrogen and oxygen atoms in total. The fourth-order valence-electron chi connectivity index (χ4n) is 2.02. The van der Waals surface area contributed by atoms with Gasteiger partial charge >= 0.3 is 0 Å². The molecule has 0 spiro atoms. The van der Waals surface area contributed by atoms with Gasteiger partial charge in [0, 0.05) is 21.2 Å². The van der Waals surface area contributed by atoms with Crippen LogP contribution in [0.4, 0.5) is 11.4 Å². The van der Waals surface area contributed by atoms with E-state index in [4.69, 9.17) is 20.9 Å². The second-order valence-electron chi connectivity index (χ2n) is 5.12. The topological polar surface area (TPSA) is 70.5 Å². The number of thiol groups is 2. The van der Waals surface area contributed by atoms with Gasteiger partial charge in [-0.25, -0.2) is 0 Å². The van der Waals surface area contributed by atoms with Crippen molar-refractivity contribution in [3.8, 4) is 23.0 Å². The van der Waals surface area contributed by atoms with Crippen LogP contribution < -0.4 is 20.9 Å². The molecule has 0 aliphatic rings. The van der Waals surface area contributed by atoms with Gasteiger partial charge in [0.15, 0.2) is 0 Å². The average Bonchev–Trinajstić information content (AvgIpc) is 2.56. The van der Waals surface area contributed by atoms with Gasteiger partial charge in [-0.2, -0.15) is 0 Å². The van der Waals surface area contributed by atoms with Gasteiger partial charge in [-0.3, -0.25) is 0 Å². The molecular formula is C18H16N2O2S2. The SMILES string of the molecule is Nc1ccc(Oc2ccc(Oc3ccc(N)c(S)c3)cc2)cc1S. The van der Waals surface area contributed by atoms with Gasteiger partial charge in [0.05, 0.1) is 0 Å². The van der Waals surface area contributed by atoms with Crippen LogP contribution in [0.1, 0.15) is 0 Å². The Hall–Kier alpha value is -2.44. The van der Waals surface area contributed by atoms with Gasteiger partial charge in [-0.15, -0.1) is 25.3 Å². The lowest BCUT2D eigenvalue weighted by molar-refractivity contribution is 0.468. The normalized spacial score (nSPS) is 10.4. The molecule has 122 valence electrons. The number of hydrogen-bond acceptors (Lipinski definition) is 6. The summed E-state index contributed by atoms with van der Waals surface area (Å²) in [6, 6.07) is 17.9. The Morgan fingerprint density at radius 1 is 0.542 bits per heavy atom. The van der Waals surface area contributed by atoms with Crippen molar-refractivity contribution in [1.82, 2.24) is 0 Å². The zero-order chi connectivity index (χ0) is 17.1. The van der Waals surface area contributed by atoms with E-state index in [2.05, 4.69) is 25.3 Å². The highest BCUT2D eigenvalue weighted by molar-refractivity contribution is 7.80. The maximum absolute atomic E-state index is 5.77. The predicted molar refractivity (Wildman–Crippen MR) is 103 cm³/mol. The number of anilines is 2. The quantitative estimate of drug-likeness (QED) is 0.392. The third-order valence-corrected chi connectivity index (χ3v) is 4.07. The first kappa shape index (κ1) is 16.4. The van der Waals surface area contributed by atoms with Crippen LogP contribution in [-0.4, -0.2) is 0 Å². The second-order valence-corrected chi connectivity index (χ2v) is 6.08. The maximum Gasteiger partial charge on any atom is 0.128 e. The summed E-state index contributed by atoms with van der Waals surface area (Å²) in [5.74, 6) is 2.71. The molecule has 0 atom stereocenters. The smallest absolute Gasteiger partial charge is 0.128 e. The lowest BCUT2D eigenvalue weighted by atomic mass is 10.3. The van der Waals surface area contributed by atoms with Crippen molar-refractivity contribution in [3.05, 3.63) is 60.7 Å². The minimum atomic E-state index is 0.612. The summed E-state index contributed by atoms with van der Waals surface area (Å²) >= 11 is 8.56. The summed E-state index contributed by atoms with van der Waals surface area (Å²) < 4.78 is 11.5. The number of ether oxygens (including phenoxy) is 2. The van der Waals surface area contributed by atoms with Crippen LogP contribution in [0.2, 0.25) is 0 Å². The zero-order valence-electron chi connectivity index (χ0n) is 12.6. The molecule has 24 heavy (non-hydrogen) atoms. The Labute approximate surface area is 151 Å². The summed E-state index contributed by atoms with van der Waals surface area (Å²) in [5.41, 5.74) is 12.7. The van der Waals surface area contributed by atoms with E-state index in [-0.39, 0.29) is 0 Å². The predicted octanol–water partition coefficient (Wildman–Crippen LogP) is 5.01. The van der Waals surface area contributed by atoms with E-state index in [1.165, 1.54) is 0 Å². The molecule has 3 aromatic rings. The molecular weight excluding hydrogens is 340 g/mol. The van der Waals surface area contributed by atoms with E-state index in [1.54, 1.807) is 36.4 Å². The van der Waals surface area contributed by atoms with Crippen LogP contribution in [0.25, 0.3) is 0 Å². The minimum Gasteiger partial charge on any atom is -0.457 e. The van der Waals surface area contributed by atoms with Gasteiger partial charge in [0.25, 0.3) is 0 Å². The van der Waals surface area contributed by atoms with Crippen LogP contribution in [0.5, 0.6) is 23.0 Å². The Morgan fingerprint density at radius 3 is 1.21 bits per heavy atom. The van der Waals surface area contributed by atoms with Crippen molar-refractivity contribution in [2.75, 3.05) is 11.5 Å². The van der Waals surface area contributed by atoms with Crippen molar-refractivity contribution in [2.24, 2.45) is 0 Å². The summed E-state index contributed by atoms with van der Waals surface area (Å²) in [6.45, 7) is 0. The van der Waals surface area contributed by atoms with E-state index in [0.29, 0.717) is 44.2 Å². The van der Waals surface area contributed by atoms with Crippen molar-refractivity contribution in [2.45, 2.75) is 9.79 Å². The highest BCUT2D eigenvalue weighted by atomic mass is 32.1. The van der Waals surface area contributed by atoms with Crippen molar-refractivity contribution in [3.63, 3.8) is 0 Å². The van der Waals surface area contributed by atoms with Crippen LogP contribution in [0.3, 0.4) is 0 Å². The molecule has 0 radical (unpaired) electrons. The molecule has 0 fully saturated rings. The molecule has 0 bridgehead atoms. The Balaban J connectivity index is 1.70.